The van der Waals surface area contributed by atoms with Crippen LogP contribution in [0.25, 0.3) is 0 Å². The van der Waals surface area contributed by atoms with Gasteiger partial charge in [0, 0.05) is 13.1 Å². The minimum atomic E-state index is -3.09. The van der Waals surface area contributed by atoms with Crippen LogP contribution in [-0.4, -0.2) is 62.5 Å². The van der Waals surface area contributed by atoms with Gasteiger partial charge in [-0.15, -0.1) is 0 Å². The highest BCUT2D eigenvalue weighted by atomic mass is 32.2. The van der Waals surface area contributed by atoms with Gasteiger partial charge in [-0.05, 0) is 44.0 Å². The number of benzene rings is 1. The lowest BCUT2D eigenvalue weighted by molar-refractivity contribution is -0.140. The van der Waals surface area contributed by atoms with Gasteiger partial charge in [-0.2, -0.15) is 0 Å². The van der Waals surface area contributed by atoms with Crippen LogP contribution in [0.4, 0.5) is 0 Å². The number of esters is 1. The van der Waals surface area contributed by atoms with E-state index in [2.05, 4.69) is 0 Å². The first-order valence-corrected chi connectivity index (χ1v) is 10.5. The number of hydrogen-bond acceptors (Lipinski definition) is 6. The Hall–Kier alpha value is -2.09. The summed E-state index contributed by atoms with van der Waals surface area (Å²) in [5.74, 6) is -0.330. The standard InChI is InChI=1S/C18H25NO6S/c1-4-10-24-16-7-5-14(6-8-16)18(21)25-13(2)17(20)19(3)15-9-11-26(22,23)12-15/h5-8,13,15H,4,9-12H2,1-3H3/t13-,15+/m0/s1. The van der Waals surface area contributed by atoms with E-state index in [1.807, 2.05) is 6.92 Å². The third-order valence-electron chi connectivity index (χ3n) is 4.30. The lowest BCUT2D eigenvalue weighted by Gasteiger charge is -2.26. The first-order valence-electron chi connectivity index (χ1n) is 8.64. The van der Waals surface area contributed by atoms with Crippen molar-refractivity contribution in [3.63, 3.8) is 0 Å². The van der Waals surface area contributed by atoms with Gasteiger partial charge in [0.15, 0.2) is 15.9 Å². The molecule has 1 saturated heterocycles. The zero-order valence-electron chi connectivity index (χ0n) is 15.3. The van der Waals surface area contributed by atoms with Gasteiger partial charge in [-0.25, -0.2) is 13.2 Å². The molecule has 1 heterocycles. The van der Waals surface area contributed by atoms with Crippen LogP contribution in [0.5, 0.6) is 5.75 Å². The molecule has 2 rings (SSSR count). The fourth-order valence-electron chi connectivity index (χ4n) is 2.73. The van der Waals surface area contributed by atoms with Crippen molar-refractivity contribution >= 4 is 21.7 Å². The number of ether oxygens (including phenoxy) is 2. The Kier molecular flexibility index (Phi) is 6.63. The molecule has 0 aromatic heterocycles. The highest BCUT2D eigenvalue weighted by Crippen LogP contribution is 2.18. The summed E-state index contributed by atoms with van der Waals surface area (Å²) in [5.41, 5.74) is 0.319. The number of nitrogens with zero attached hydrogens (tertiary/aromatic N) is 1. The maximum atomic E-state index is 12.4. The molecule has 0 unspecified atom stereocenters. The van der Waals surface area contributed by atoms with Gasteiger partial charge in [0.2, 0.25) is 0 Å². The predicted octanol–water partition coefficient (Wildman–Crippen LogP) is 1.67. The number of carbonyl (C=O) groups is 2. The zero-order chi connectivity index (χ0) is 19.3. The van der Waals surface area contributed by atoms with E-state index in [-0.39, 0.29) is 17.5 Å². The Morgan fingerprint density at radius 1 is 1.27 bits per heavy atom. The van der Waals surface area contributed by atoms with Crippen molar-refractivity contribution < 1.29 is 27.5 Å². The maximum Gasteiger partial charge on any atom is 0.338 e. The van der Waals surface area contributed by atoms with Crippen LogP contribution in [0, 0.1) is 0 Å². The molecule has 7 nitrogen and oxygen atoms in total. The second-order valence-electron chi connectivity index (χ2n) is 6.43. The van der Waals surface area contributed by atoms with E-state index in [1.54, 1.807) is 24.3 Å². The summed E-state index contributed by atoms with van der Waals surface area (Å²) in [6, 6.07) is 6.14. The van der Waals surface area contributed by atoms with Crippen LogP contribution >= 0.6 is 0 Å². The highest BCUT2D eigenvalue weighted by Gasteiger charge is 2.35. The molecule has 26 heavy (non-hydrogen) atoms. The van der Waals surface area contributed by atoms with Gasteiger partial charge >= 0.3 is 5.97 Å². The van der Waals surface area contributed by atoms with E-state index in [1.165, 1.54) is 18.9 Å². The van der Waals surface area contributed by atoms with E-state index in [0.29, 0.717) is 24.3 Å². The molecule has 1 aromatic carbocycles. The van der Waals surface area contributed by atoms with E-state index in [0.717, 1.165) is 6.42 Å². The van der Waals surface area contributed by atoms with Crippen LogP contribution < -0.4 is 4.74 Å². The third kappa shape index (κ3) is 5.20. The molecule has 0 bridgehead atoms. The molecule has 8 heteroatoms. The summed E-state index contributed by atoms with van der Waals surface area (Å²) in [6.07, 6.45) is 0.302. The van der Waals surface area contributed by atoms with Crippen LogP contribution in [0.2, 0.25) is 0 Å². The first kappa shape index (κ1) is 20.2. The number of amides is 1. The van der Waals surface area contributed by atoms with Gasteiger partial charge in [0.1, 0.15) is 5.75 Å². The van der Waals surface area contributed by atoms with Crippen LogP contribution in [0.3, 0.4) is 0 Å². The summed E-state index contributed by atoms with van der Waals surface area (Å²) in [4.78, 5) is 26.0. The minimum absolute atomic E-state index is 0.0465. The summed E-state index contributed by atoms with van der Waals surface area (Å²) in [7, 11) is -1.55. The normalized spacial score (nSPS) is 19.6. The van der Waals surface area contributed by atoms with Gasteiger partial charge in [0.25, 0.3) is 5.91 Å². The average Bonchev–Trinajstić information content (AvgIpc) is 2.98. The van der Waals surface area contributed by atoms with Crippen molar-refractivity contribution in [1.29, 1.82) is 0 Å². The fourth-order valence-corrected chi connectivity index (χ4v) is 4.51. The maximum absolute atomic E-state index is 12.4. The minimum Gasteiger partial charge on any atom is -0.494 e. The lowest BCUT2D eigenvalue weighted by atomic mass is 10.2. The number of likely N-dealkylation sites (N-methyl/N-ethyl adjacent to an activating group) is 1. The summed E-state index contributed by atoms with van der Waals surface area (Å²) >= 11 is 0. The summed E-state index contributed by atoms with van der Waals surface area (Å²) < 4.78 is 33.8. The van der Waals surface area contributed by atoms with Gasteiger partial charge in [0.05, 0.1) is 23.7 Å². The Balaban J connectivity index is 1.92. The van der Waals surface area contributed by atoms with Gasteiger partial charge < -0.3 is 14.4 Å². The second-order valence-corrected chi connectivity index (χ2v) is 8.66. The largest absolute Gasteiger partial charge is 0.494 e. The smallest absolute Gasteiger partial charge is 0.338 e. The summed E-state index contributed by atoms with van der Waals surface area (Å²) in [5, 5.41) is 0. The summed E-state index contributed by atoms with van der Waals surface area (Å²) in [6.45, 7) is 4.08. The highest BCUT2D eigenvalue weighted by molar-refractivity contribution is 7.91. The number of rotatable bonds is 7. The van der Waals surface area contributed by atoms with E-state index in [4.69, 9.17) is 9.47 Å². The quantitative estimate of drug-likeness (QED) is 0.665. The zero-order valence-corrected chi connectivity index (χ0v) is 16.1. The second kappa shape index (κ2) is 8.53. The third-order valence-corrected chi connectivity index (χ3v) is 6.05. The number of carbonyl (C=O) groups excluding carboxylic acids is 2. The molecule has 1 amide bonds. The Morgan fingerprint density at radius 2 is 1.92 bits per heavy atom. The molecule has 0 N–H and O–H groups in total. The lowest BCUT2D eigenvalue weighted by Crippen LogP contribution is -2.44. The van der Waals surface area contributed by atoms with Crippen molar-refractivity contribution in [2.75, 3.05) is 25.2 Å². The molecule has 2 atom stereocenters. The molecule has 144 valence electrons. The molecular weight excluding hydrogens is 358 g/mol. The van der Waals surface area contributed by atoms with Crippen LogP contribution in [-0.2, 0) is 19.4 Å². The van der Waals surface area contributed by atoms with Crippen molar-refractivity contribution in [2.45, 2.75) is 38.8 Å². The number of hydrogen-bond donors (Lipinski definition) is 0. The van der Waals surface area contributed by atoms with Crippen molar-refractivity contribution in [3.8, 4) is 5.75 Å². The molecule has 1 aliphatic rings. The predicted molar refractivity (Wildman–Crippen MR) is 96.9 cm³/mol. The Morgan fingerprint density at radius 3 is 2.46 bits per heavy atom. The number of sulfone groups is 1. The first-order chi connectivity index (χ1) is 12.2. The van der Waals surface area contributed by atoms with Gasteiger partial charge in [-0.1, -0.05) is 6.92 Å². The molecule has 0 radical (unpaired) electrons. The SMILES string of the molecule is CCCOc1ccc(C(=O)O[C@@H](C)C(=O)N(C)[C@@H]2CCS(=O)(=O)C2)cc1. The van der Waals surface area contributed by atoms with Crippen LogP contribution in [0.1, 0.15) is 37.0 Å². The molecule has 0 aliphatic carbocycles. The van der Waals surface area contributed by atoms with Crippen LogP contribution in [0.15, 0.2) is 24.3 Å². The fraction of sp³-hybridized carbons (Fsp3) is 0.556. The average molecular weight is 383 g/mol. The Bertz CT molecular complexity index is 743. The molecule has 0 spiro atoms. The molecule has 1 aliphatic heterocycles. The molecule has 1 fully saturated rings. The monoisotopic (exact) mass is 383 g/mol. The topological polar surface area (TPSA) is 90.0 Å². The van der Waals surface area contributed by atoms with Crippen molar-refractivity contribution in [3.05, 3.63) is 29.8 Å². The molecule has 1 aromatic rings. The van der Waals surface area contributed by atoms with E-state index in [9.17, 15) is 18.0 Å². The van der Waals surface area contributed by atoms with Crippen molar-refractivity contribution in [1.82, 2.24) is 4.90 Å². The van der Waals surface area contributed by atoms with Crippen molar-refractivity contribution in [2.24, 2.45) is 0 Å². The Labute approximate surface area is 154 Å². The molecule has 0 saturated carbocycles. The van der Waals surface area contributed by atoms with Gasteiger partial charge in [-0.3, -0.25) is 4.79 Å². The van der Waals surface area contributed by atoms with E-state index >= 15 is 0 Å². The van der Waals surface area contributed by atoms with E-state index < -0.39 is 27.8 Å². The molecular formula is C18H25NO6S.